The first-order chi connectivity index (χ1) is 37.0. The van der Waals surface area contributed by atoms with Gasteiger partial charge in [-0.2, -0.15) is 9.97 Å². The van der Waals surface area contributed by atoms with Gasteiger partial charge in [-0.1, -0.05) is 83.5 Å². The van der Waals surface area contributed by atoms with Crippen LogP contribution in [-0.4, -0.2) is 111 Å². The number of rotatable bonds is 17. The molecule has 0 aliphatic carbocycles. The van der Waals surface area contributed by atoms with Gasteiger partial charge in [0.25, 0.3) is 0 Å². The van der Waals surface area contributed by atoms with Crippen LogP contribution in [0.3, 0.4) is 0 Å². The zero-order valence-corrected chi connectivity index (χ0v) is 46.1. The fourth-order valence-corrected chi connectivity index (χ4v) is 9.18. The van der Waals surface area contributed by atoms with Crippen molar-refractivity contribution in [3.8, 4) is 17.2 Å². The number of carbonyl (C=O) groups is 4. The van der Waals surface area contributed by atoms with Crippen LogP contribution in [0.5, 0.6) is 17.2 Å². The number of carboxylic acids is 1. The van der Waals surface area contributed by atoms with Crippen LogP contribution in [0.25, 0.3) is 0 Å². The minimum atomic E-state index is -1.16. The first-order valence-corrected chi connectivity index (χ1v) is 26.4. The predicted molar refractivity (Wildman–Crippen MR) is 292 cm³/mol. The summed E-state index contributed by atoms with van der Waals surface area (Å²) >= 11 is 0. The summed E-state index contributed by atoms with van der Waals surface area (Å²) in [5.74, 6) is 0.967. The Balaban J connectivity index is 0.000000257. The number of urea groups is 2. The molecule has 21 heteroatoms. The molecular formula is C58H75N9O12. The molecule has 4 aromatic carbocycles. The van der Waals surface area contributed by atoms with Crippen LogP contribution in [0.1, 0.15) is 149 Å². The molecule has 6 atom stereocenters. The highest BCUT2D eigenvalue weighted by Gasteiger charge is 2.38. The molecule has 79 heavy (non-hydrogen) atoms. The Bertz CT molecular complexity index is 2930. The lowest BCUT2D eigenvalue weighted by Crippen LogP contribution is -2.50. The summed E-state index contributed by atoms with van der Waals surface area (Å²) in [6, 6.07) is 24.5. The number of amides is 4. The van der Waals surface area contributed by atoms with Crippen LogP contribution in [0.2, 0.25) is 0 Å². The van der Waals surface area contributed by atoms with E-state index in [1.807, 2.05) is 65.8 Å². The summed E-state index contributed by atoms with van der Waals surface area (Å²) in [6.07, 6.45) is 4.35. The summed E-state index contributed by atoms with van der Waals surface area (Å²) < 4.78 is 22.7. The van der Waals surface area contributed by atoms with Gasteiger partial charge in [0.15, 0.2) is 11.6 Å². The van der Waals surface area contributed by atoms with E-state index in [4.69, 9.17) is 29.2 Å². The van der Waals surface area contributed by atoms with Crippen molar-refractivity contribution in [2.75, 3.05) is 13.1 Å². The quantitative estimate of drug-likeness (QED) is 0.0469. The molecule has 424 valence electrons. The molecule has 21 nitrogen and oxygen atoms in total. The number of aliphatic carboxylic acids is 1. The van der Waals surface area contributed by atoms with Crippen molar-refractivity contribution in [3.05, 3.63) is 148 Å². The molecule has 2 aliphatic rings. The molecule has 0 unspecified atom stereocenters. The number of nitrogens with two attached hydrogens (primary N) is 1. The molecule has 2 aromatic heterocycles. The van der Waals surface area contributed by atoms with E-state index in [0.29, 0.717) is 61.9 Å². The fraction of sp³-hybridized carbons (Fsp3) is 0.448. The largest absolute Gasteiger partial charge is 0.508 e. The second kappa shape index (κ2) is 26.5. The number of carboxylic acid groups (broad SMARTS) is 1. The lowest BCUT2D eigenvalue weighted by Gasteiger charge is -2.28. The van der Waals surface area contributed by atoms with E-state index in [-0.39, 0.29) is 59.3 Å². The van der Waals surface area contributed by atoms with Crippen molar-refractivity contribution >= 4 is 24.0 Å². The number of aromatic nitrogens is 4. The van der Waals surface area contributed by atoms with Gasteiger partial charge in [0.2, 0.25) is 11.8 Å². The van der Waals surface area contributed by atoms with Crippen molar-refractivity contribution in [1.82, 2.24) is 40.7 Å². The van der Waals surface area contributed by atoms with Gasteiger partial charge < -0.3 is 65.5 Å². The molecule has 4 amide bonds. The molecule has 4 heterocycles. The van der Waals surface area contributed by atoms with Crippen molar-refractivity contribution in [2.45, 2.75) is 154 Å². The maximum absolute atomic E-state index is 13.6. The second-order valence-electron chi connectivity index (χ2n) is 22.1. The molecule has 8 rings (SSSR count). The van der Waals surface area contributed by atoms with Gasteiger partial charge in [-0.15, -0.1) is 0 Å². The Morgan fingerprint density at radius 2 is 1.08 bits per heavy atom. The van der Waals surface area contributed by atoms with Gasteiger partial charge in [-0.25, -0.2) is 19.2 Å². The number of phenols is 2. The number of esters is 1. The minimum Gasteiger partial charge on any atom is -0.508 e. The molecule has 0 spiro atoms. The van der Waals surface area contributed by atoms with E-state index in [1.165, 1.54) is 28.2 Å². The highest BCUT2D eigenvalue weighted by Crippen LogP contribution is 2.34. The number of aryl methyl sites for hydroxylation is 1. The van der Waals surface area contributed by atoms with E-state index < -0.39 is 47.7 Å². The normalized spacial score (nSPS) is 16.8. The topological polar surface area (TPSA) is 313 Å². The monoisotopic (exact) mass is 1090 g/mol. The summed E-state index contributed by atoms with van der Waals surface area (Å²) in [6.45, 7) is 16.5. The molecular weight excluding hydrogens is 1010 g/mol. The first-order valence-electron chi connectivity index (χ1n) is 26.4. The third kappa shape index (κ3) is 17.5. The van der Waals surface area contributed by atoms with Gasteiger partial charge >= 0.3 is 24.0 Å². The maximum atomic E-state index is 13.6. The fourth-order valence-electron chi connectivity index (χ4n) is 9.18. The molecule has 0 radical (unpaired) electrons. The van der Waals surface area contributed by atoms with Crippen LogP contribution < -0.4 is 21.1 Å². The van der Waals surface area contributed by atoms with Crippen LogP contribution in [0.15, 0.2) is 106 Å². The molecule has 0 bridgehead atoms. The smallest absolute Gasteiger partial charge is 0.329 e. The van der Waals surface area contributed by atoms with Crippen molar-refractivity contribution in [3.63, 3.8) is 0 Å². The lowest BCUT2D eigenvalue weighted by atomic mass is 10.00. The summed E-state index contributed by atoms with van der Waals surface area (Å²) in [7, 11) is 0. The zero-order chi connectivity index (χ0) is 56.3. The Morgan fingerprint density at radius 1 is 0.646 bits per heavy atom. The predicted octanol–water partition coefficient (Wildman–Crippen LogP) is 8.14. The van der Waals surface area contributed by atoms with E-state index in [2.05, 4.69) is 64.0 Å². The number of benzene rings is 4. The van der Waals surface area contributed by atoms with E-state index in [0.717, 1.165) is 29.7 Å². The van der Waals surface area contributed by atoms with Gasteiger partial charge in [0.05, 0.1) is 6.04 Å². The third-order valence-corrected chi connectivity index (χ3v) is 13.1. The Labute approximate surface area is 460 Å². The summed E-state index contributed by atoms with van der Waals surface area (Å²) in [4.78, 5) is 63.9. The van der Waals surface area contributed by atoms with Gasteiger partial charge in [-0.05, 0) is 146 Å². The van der Waals surface area contributed by atoms with Crippen molar-refractivity contribution in [1.29, 1.82) is 0 Å². The molecule has 2 fully saturated rings. The number of phenolic OH excluding ortho intramolecular Hbond substituents is 2. The summed E-state index contributed by atoms with van der Waals surface area (Å²) in [5, 5.41) is 42.2. The van der Waals surface area contributed by atoms with Crippen LogP contribution in [0, 0.1) is 6.92 Å². The highest BCUT2D eigenvalue weighted by molar-refractivity contribution is 5.85. The van der Waals surface area contributed by atoms with E-state index >= 15 is 0 Å². The number of hydrogen-bond acceptors (Lipinski definition) is 15. The Hall–Kier alpha value is -8.04. The SMILES string of the molecule is Cc1ccc(C[C@H](C)c2noc([C@@H]3CCCN3C(=O)N[C@@H](Cc3ccc(OC(C)(C)C)cc3)C(=O)OC(C)(C)C)n2)cc1.N[C@@H](Cc1ccc(O)cc1)c1noc([C@@H]2CCCN2C(=O)N[C@@H](Cc2ccc(O)cc2)C(=O)O)n1.O. The van der Waals surface area contributed by atoms with Crippen LogP contribution in [0.4, 0.5) is 9.59 Å². The number of ether oxygens (including phenoxy) is 2. The Kier molecular flexibility index (Phi) is 20.2. The average Bonchev–Trinajstić information content (AvgIpc) is 4.27. The maximum Gasteiger partial charge on any atom is 0.329 e. The van der Waals surface area contributed by atoms with E-state index in [1.54, 1.807) is 41.3 Å². The summed E-state index contributed by atoms with van der Waals surface area (Å²) in [5.41, 5.74) is 10.1. The zero-order valence-electron chi connectivity index (χ0n) is 46.1. The van der Waals surface area contributed by atoms with Crippen LogP contribution >= 0.6 is 0 Å². The first kappa shape index (κ1) is 60.2. The van der Waals surface area contributed by atoms with Crippen LogP contribution in [-0.2, 0) is 40.0 Å². The molecule has 0 saturated carbocycles. The van der Waals surface area contributed by atoms with Gasteiger partial charge in [-0.3, -0.25) is 0 Å². The number of nitrogens with one attached hydrogen (secondary N) is 2. The molecule has 2 saturated heterocycles. The second-order valence-corrected chi connectivity index (χ2v) is 22.1. The standard InChI is InChI=1S/C34H46N4O5.C24H27N5O6.H2O/c1-22-11-13-24(14-12-22)20-23(2)29-36-30(43-37-29)28-10-9-19-38(28)32(40)35-27(31(39)42-34(6,7)8)21-25-15-17-26(18-16-25)41-33(3,4)5;25-18(12-14-3-7-16(30)8-4-14)21-27-22(35-28-21)20-2-1-11-29(20)24(34)26-19(23(32)33)13-15-5-9-17(31)10-6-15;/h11-18,23,27-28H,9-10,19-21H2,1-8H3,(H,35,40);3-10,18-20,30-31H,1-2,11-13,25H2,(H,26,34)(H,32,33);1H2/t23-,27-,28-;18-,19-,20-;/m00./s1. The number of likely N-dealkylation sites (tertiary alicyclic amines) is 2. The van der Waals surface area contributed by atoms with Gasteiger partial charge in [0, 0.05) is 31.8 Å². The molecule has 6 aromatic rings. The highest BCUT2D eigenvalue weighted by atomic mass is 16.6. The Morgan fingerprint density at radius 3 is 1.57 bits per heavy atom. The van der Waals surface area contributed by atoms with Crippen molar-refractivity contribution in [2.24, 2.45) is 5.73 Å². The number of carbonyl (C=O) groups excluding carboxylic acids is 3. The lowest BCUT2D eigenvalue weighted by molar-refractivity contribution is -0.157. The average molecular weight is 1090 g/mol. The van der Waals surface area contributed by atoms with Crippen molar-refractivity contribution < 1.29 is 58.5 Å². The third-order valence-electron chi connectivity index (χ3n) is 13.1. The minimum absolute atomic E-state index is 0. The molecule has 9 N–H and O–H groups in total. The number of nitrogens with zero attached hydrogens (tertiary/aromatic N) is 6. The number of aromatic hydroxyl groups is 2. The van der Waals surface area contributed by atoms with E-state index in [9.17, 15) is 34.5 Å². The number of hydrogen-bond donors (Lipinski definition) is 6. The van der Waals surface area contributed by atoms with Gasteiger partial charge in [0.1, 0.15) is 52.6 Å². The molecule has 2 aliphatic heterocycles.